The summed E-state index contributed by atoms with van der Waals surface area (Å²) in [7, 11) is 1.58. The number of hydrogen-bond donors (Lipinski definition) is 2. The summed E-state index contributed by atoms with van der Waals surface area (Å²) in [4.78, 5) is 22.7. The van der Waals surface area contributed by atoms with Crippen LogP contribution in [0.25, 0.3) is 0 Å². The Morgan fingerprint density at radius 3 is 2.29 bits per heavy atom. The van der Waals surface area contributed by atoms with E-state index >= 15 is 0 Å². The van der Waals surface area contributed by atoms with Crippen LogP contribution in [0.4, 0.5) is 4.39 Å². The SMILES string of the molecule is CNC(=O)Cc1ccc(CC(C)(CCCF)C(=O)O)cc1. The monoisotopic (exact) mass is 295 g/mol. The van der Waals surface area contributed by atoms with Gasteiger partial charge in [-0.25, -0.2) is 0 Å². The Morgan fingerprint density at radius 2 is 1.81 bits per heavy atom. The minimum atomic E-state index is -0.964. The van der Waals surface area contributed by atoms with Gasteiger partial charge in [-0.15, -0.1) is 0 Å². The van der Waals surface area contributed by atoms with Crippen LogP contribution < -0.4 is 5.32 Å². The van der Waals surface area contributed by atoms with Crippen LogP contribution in [0.1, 0.15) is 30.9 Å². The van der Waals surface area contributed by atoms with Gasteiger partial charge in [-0.3, -0.25) is 14.0 Å². The molecule has 0 aliphatic carbocycles. The van der Waals surface area contributed by atoms with E-state index in [1.54, 1.807) is 14.0 Å². The lowest BCUT2D eigenvalue weighted by Gasteiger charge is -2.24. The van der Waals surface area contributed by atoms with Crippen molar-refractivity contribution in [3.63, 3.8) is 0 Å². The molecule has 1 aromatic rings. The van der Waals surface area contributed by atoms with Crippen LogP contribution in [0.3, 0.4) is 0 Å². The second-order valence-corrected chi connectivity index (χ2v) is 5.50. The fraction of sp³-hybridized carbons (Fsp3) is 0.500. The number of rotatable bonds is 8. The summed E-state index contributed by atoms with van der Waals surface area (Å²) in [6, 6.07) is 7.30. The van der Waals surface area contributed by atoms with E-state index in [4.69, 9.17) is 0 Å². The molecule has 21 heavy (non-hydrogen) atoms. The van der Waals surface area contributed by atoms with E-state index in [1.165, 1.54) is 0 Å². The van der Waals surface area contributed by atoms with Crippen LogP contribution in [0, 0.1) is 5.41 Å². The number of carbonyl (C=O) groups excluding carboxylic acids is 1. The highest BCUT2D eigenvalue weighted by molar-refractivity contribution is 5.78. The number of carbonyl (C=O) groups is 2. The molecule has 1 atom stereocenters. The molecule has 0 aliphatic rings. The second kappa shape index (κ2) is 7.76. The van der Waals surface area contributed by atoms with Gasteiger partial charge in [0.25, 0.3) is 0 Å². The number of alkyl halides is 1. The molecule has 1 amide bonds. The lowest BCUT2D eigenvalue weighted by molar-refractivity contribution is -0.148. The highest BCUT2D eigenvalue weighted by Crippen LogP contribution is 2.29. The first-order chi connectivity index (χ1) is 9.91. The Morgan fingerprint density at radius 1 is 1.24 bits per heavy atom. The molecule has 2 N–H and O–H groups in total. The zero-order valence-corrected chi connectivity index (χ0v) is 12.5. The van der Waals surface area contributed by atoms with Gasteiger partial charge in [0.2, 0.25) is 5.91 Å². The van der Waals surface area contributed by atoms with Crippen molar-refractivity contribution in [1.29, 1.82) is 0 Å². The van der Waals surface area contributed by atoms with E-state index in [9.17, 15) is 19.1 Å². The molecule has 0 aliphatic heterocycles. The van der Waals surface area contributed by atoms with Crippen LogP contribution in [0.2, 0.25) is 0 Å². The number of hydrogen-bond acceptors (Lipinski definition) is 2. The summed E-state index contributed by atoms with van der Waals surface area (Å²) in [5.74, 6) is -0.980. The first-order valence-corrected chi connectivity index (χ1v) is 6.99. The Balaban J connectivity index is 2.76. The van der Waals surface area contributed by atoms with Crippen LogP contribution in [-0.2, 0) is 22.4 Å². The molecule has 0 bridgehead atoms. The third-order valence-electron chi connectivity index (χ3n) is 3.64. The maximum Gasteiger partial charge on any atom is 0.309 e. The predicted molar refractivity (Wildman–Crippen MR) is 78.9 cm³/mol. The van der Waals surface area contributed by atoms with Crippen molar-refractivity contribution in [3.8, 4) is 0 Å². The van der Waals surface area contributed by atoms with Gasteiger partial charge in [0, 0.05) is 7.05 Å². The predicted octanol–water partition coefficient (Wildman–Crippen LogP) is 2.36. The van der Waals surface area contributed by atoms with E-state index in [-0.39, 0.29) is 12.3 Å². The second-order valence-electron chi connectivity index (χ2n) is 5.50. The van der Waals surface area contributed by atoms with Crippen molar-refractivity contribution in [1.82, 2.24) is 5.32 Å². The molecular formula is C16H22FNO3. The zero-order chi connectivity index (χ0) is 15.9. The molecule has 1 unspecified atom stereocenters. The maximum atomic E-state index is 12.3. The van der Waals surface area contributed by atoms with E-state index in [0.717, 1.165) is 11.1 Å². The van der Waals surface area contributed by atoms with E-state index in [2.05, 4.69) is 5.32 Å². The molecule has 4 nitrogen and oxygen atoms in total. The number of carboxylic acid groups (broad SMARTS) is 1. The van der Waals surface area contributed by atoms with Gasteiger partial charge < -0.3 is 10.4 Å². The molecule has 0 spiro atoms. The zero-order valence-electron chi connectivity index (χ0n) is 12.5. The fourth-order valence-corrected chi connectivity index (χ4v) is 2.23. The Labute approximate surface area is 124 Å². The van der Waals surface area contributed by atoms with Crippen LogP contribution in [-0.4, -0.2) is 30.7 Å². The summed E-state index contributed by atoms with van der Waals surface area (Å²) < 4.78 is 12.3. The van der Waals surface area contributed by atoms with E-state index in [1.807, 2.05) is 24.3 Å². The largest absolute Gasteiger partial charge is 0.481 e. The lowest BCUT2D eigenvalue weighted by atomic mass is 9.79. The van der Waals surface area contributed by atoms with E-state index < -0.39 is 18.1 Å². The average molecular weight is 295 g/mol. The van der Waals surface area contributed by atoms with Gasteiger partial charge in [0.1, 0.15) is 0 Å². The van der Waals surface area contributed by atoms with Gasteiger partial charge in [-0.2, -0.15) is 0 Å². The summed E-state index contributed by atoms with van der Waals surface area (Å²) in [5.41, 5.74) is 0.785. The van der Waals surface area contributed by atoms with E-state index in [0.29, 0.717) is 19.3 Å². The molecule has 0 saturated heterocycles. The highest BCUT2D eigenvalue weighted by Gasteiger charge is 2.32. The number of halogens is 1. The van der Waals surface area contributed by atoms with Gasteiger partial charge in [0.15, 0.2) is 0 Å². The molecule has 5 heteroatoms. The minimum absolute atomic E-state index is 0.0685. The van der Waals surface area contributed by atoms with Gasteiger partial charge in [-0.05, 0) is 37.3 Å². The number of amides is 1. The summed E-state index contributed by atoms with van der Waals surface area (Å²) in [5, 5.41) is 11.9. The molecule has 1 rings (SSSR count). The Hall–Kier alpha value is -1.91. The summed E-state index contributed by atoms with van der Waals surface area (Å²) in [6.45, 7) is 1.14. The highest BCUT2D eigenvalue weighted by atomic mass is 19.1. The number of carboxylic acids is 1. The number of aliphatic carboxylic acids is 1. The number of benzene rings is 1. The fourth-order valence-electron chi connectivity index (χ4n) is 2.23. The van der Waals surface area contributed by atoms with Gasteiger partial charge in [-0.1, -0.05) is 24.3 Å². The molecule has 0 aromatic heterocycles. The number of likely N-dealkylation sites (N-methyl/N-ethyl adjacent to an activating group) is 1. The smallest absolute Gasteiger partial charge is 0.309 e. The third-order valence-corrected chi connectivity index (χ3v) is 3.64. The van der Waals surface area contributed by atoms with Crippen LogP contribution in [0.5, 0.6) is 0 Å². The topological polar surface area (TPSA) is 66.4 Å². The molecule has 0 saturated carbocycles. The summed E-state index contributed by atoms with van der Waals surface area (Å²) >= 11 is 0. The number of nitrogens with one attached hydrogen (secondary N) is 1. The third kappa shape index (κ3) is 5.17. The Kier molecular flexibility index (Phi) is 6.34. The summed E-state index contributed by atoms with van der Waals surface area (Å²) in [6.07, 6.45) is 1.20. The van der Waals surface area contributed by atoms with Crippen molar-refractivity contribution in [2.75, 3.05) is 13.7 Å². The lowest BCUT2D eigenvalue weighted by Crippen LogP contribution is -2.30. The molecular weight excluding hydrogens is 273 g/mol. The normalized spacial score (nSPS) is 13.5. The average Bonchev–Trinajstić information content (AvgIpc) is 2.47. The molecule has 0 heterocycles. The maximum absolute atomic E-state index is 12.3. The molecule has 116 valence electrons. The van der Waals surface area contributed by atoms with Crippen molar-refractivity contribution >= 4 is 11.9 Å². The molecule has 0 fully saturated rings. The van der Waals surface area contributed by atoms with Crippen LogP contribution >= 0.6 is 0 Å². The minimum Gasteiger partial charge on any atom is -0.481 e. The van der Waals surface area contributed by atoms with Crippen molar-refractivity contribution in [2.24, 2.45) is 5.41 Å². The quantitative estimate of drug-likeness (QED) is 0.773. The first kappa shape index (κ1) is 17.1. The van der Waals surface area contributed by atoms with Gasteiger partial charge in [0.05, 0.1) is 18.5 Å². The Bertz CT molecular complexity index is 487. The first-order valence-electron chi connectivity index (χ1n) is 6.99. The van der Waals surface area contributed by atoms with Crippen molar-refractivity contribution < 1.29 is 19.1 Å². The van der Waals surface area contributed by atoms with Crippen LogP contribution in [0.15, 0.2) is 24.3 Å². The van der Waals surface area contributed by atoms with Crippen molar-refractivity contribution in [3.05, 3.63) is 35.4 Å². The molecule has 1 aromatic carbocycles. The standard InChI is InChI=1S/C16H22FNO3/c1-16(15(20)21,8-3-9-17)11-13-6-4-12(5-7-13)10-14(19)18-2/h4-7H,3,8-11H2,1-2H3,(H,18,19)(H,20,21). The van der Waals surface area contributed by atoms with Gasteiger partial charge >= 0.3 is 5.97 Å². The molecule has 0 radical (unpaired) electrons. The van der Waals surface area contributed by atoms with Crippen molar-refractivity contribution in [2.45, 2.75) is 32.6 Å².